The first kappa shape index (κ1) is 27.2. The number of carbonyl (C=O) groups excluding carboxylic acids is 1. The Morgan fingerprint density at radius 2 is 1.43 bits per heavy atom. The van der Waals surface area contributed by atoms with Crippen LogP contribution in [0.2, 0.25) is 0 Å². The number of para-hydroxylation sites is 1. The van der Waals surface area contributed by atoms with Crippen molar-refractivity contribution in [3.63, 3.8) is 0 Å². The van der Waals surface area contributed by atoms with Crippen LogP contribution >= 0.6 is 0 Å². The molecule has 0 saturated carbocycles. The lowest BCUT2D eigenvalue weighted by molar-refractivity contribution is 0.104. The Labute approximate surface area is 255 Å². The van der Waals surface area contributed by atoms with E-state index in [4.69, 9.17) is 9.72 Å². The summed E-state index contributed by atoms with van der Waals surface area (Å²) >= 11 is 0. The van der Waals surface area contributed by atoms with Crippen LogP contribution in [0.25, 0.3) is 33.3 Å². The summed E-state index contributed by atoms with van der Waals surface area (Å²) in [5, 5.41) is 24.9. The van der Waals surface area contributed by atoms with Crippen LogP contribution < -0.4 is 10.1 Å². The van der Waals surface area contributed by atoms with Crippen LogP contribution in [0, 0.1) is 0 Å². The van der Waals surface area contributed by atoms with E-state index in [1.54, 1.807) is 6.07 Å². The van der Waals surface area contributed by atoms with E-state index >= 15 is 0 Å². The normalized spacial score (nSPS) is 12.2. The number of anilines is 2. The van der Waals surface area contributed by atoms with Gasteiger partial charge in [0.1, 0.15) is 22.8 Å². The molecular formula is C38H30N2O4. The molecule has 6 aromatic rings. The molecule has 1 aliphatic carbocycles. The molecule has 0 radical (unpaired) electrons. The van der Waals surface area contributed by atoms with E-state index in [0.717, 1.165) is 16.8 Å². The minimum atomic E-state index is -0.111. The molecule has 7 rings (SSSR count). The van der Waals surface area contributed by atoms with E-state index in [9.17, 15) is 15.0 Å². The molecule has 0 atom stereocenters. The monoisotopic (exact) mass is 578 g/mol. The SMILES string of the molecule is CC(C)(C)c1ccc(Oc2cc(Nc3ccccc3)c3c4c(cc(-c5ccc(O)cc5O)nc24)-c2ccccc2C3=O)cc1. The predicted octanol–water partition coefficient (Wildman–Crippen LogP) is 9.36. The number of pyridine rings is 1. The summed E-state index contributed by atoms with van der Waals surface area (Å²) in [5.74, 6) is 0.819. The van der Waals surface area contributed by atoms with Crippen molar-refractivity contribution in [3.8, 4) is 45.4 Å². The van der Waals surface area contributed by atoms with Gasteiger partial charge in [-0.05, 0) is 64.6 Å². The summed E-state index contributed by atoms with van der Waals surface area (Å²) in [6.07, 6.45) is 0. The molecule has 6 nitrogen and oxygen atoms in total. The highest BCUT2D eigenvalue weighted by Crippen LogP contribution is 2.48. The molecule has 3 N–H and O–H groups in total. The van der Waals surface area contributed by atoms with Crippen molar-refractivity contribution in [3.05, 3.63) is 126 Å². The van der Waals surface area contributed by atoms with Crippen molar-refractivity contribution in [2.45, 2.75) is 26.2 Å². The molecule has 5 aromatic carbocycles. The number of fused-ring (bicyclic) bond motifs is 2. The molecule has 0 fully saturated rings. The first-order valence-corrected chi connectivity index (χ1v) is 14.5. The number of aromatic nitrogens is 1. The Balaban J connectivity index is 1.52. The van der Waals surface area contributed by atoms with Gasteiger partial charge in [0.2, 0.25) is 0 Å². The van der Waals surface area contributed by atoms with Gasteiger partial charge >= 0.3 is 0 Å². The maximum Gasteiger partial charge on any atom is 0.196 e. The summed E-state index contributed by atoms with van der Waals surface area (Å²) in [7, 11) is 0. The van der Waals surface area contributed by atoms with E-state index in [-0.39, 0.29) is 22.7 Å². The third kappa shape index (κ3) is 4.71. The number of rotatable bonds is 5. The number of ketones is 1. The average molecular weight is 579 g/mol. The second kappa shape index (κ2) is 10.3. The number of hydrogen-bond donors (Lipinski definition) is 3. The molecular weight excluding hydrogens is 548 g/mol. The number of nitrogens with zero attached hydrogens (tertiary/aromatic N) is 1. The second-order valence-corrected chi connectivity index (χ2v) is 12.0. The van der Waals surface area contributed by atoms with Crippen molar-refractivity contribution in [1.29, 1.82) is 0 Å². The maximum absolute atomic E-state index is 14.2. The quantitative estimate of drug-likeness (QED) is 0.188. The summed E-state index contributed by atoms with van der Waals surface area (Å²) in [4.78, 5) is 19.2. The molecule has 0 amide bonds. The number of phenolic OH excluding ortho intramolecular Hbond substituents is 2. The molecule has 0 bridgehead atoms. The predicted molar refractivity (Wildman–Crippen MR) is 174 cm³/mol. The van der Waals surface area contributed by atoms with Gasteiger partial charge in [0, 0.05) is 34.3 Å². The maximum atomic E-state index is 14.2. The summed E-state index contributed by atoms with van der Waals surface area (Å²) in [6, 6.07) is 33.3. The van der Waals surface area contributed by atoms with Crippen LogP contribution in [0.15, 0.2) is 109 Å². The molecule has 1 aromatic heterocycles. The fourth-order valence-corrected chi connectivity index (χ4v) is 5.76. The standard InChI is InChI=1S/C38H30N2O4/c1-38(2,3)22-13-16-25(17-14-22)44-33-21-31(39-23-9-5-4-6-10-23)35-34-29(26-11-7-8-12-27(26)37(35)43)20-30(40-36(33)34)28-18-15-24(41)19-32(28)42/h4-21,39,41-42H,1-3H3. The fourth-order valence-electron chi connectivity index (χ4n) is 5.76. The zero-order valence-electron chi connectivity index (χ0n) is 24.6. The van der Waals surface area contributed by atoms with Crippen LogP contribution in [-0.4, -0.2) is 21.0 Å². The van der Waals surface area contributed by atoms with Gasteiger partial charge in [-0.15, -0.1) is 0 Å². The Kier molecular flexibility index (Phi) is 6.36. The number of aromatic hydroxyl groups is 2. The lowest BCUT2D eigenvalue weighted by atomic mass is 9.82. The summed E-state index contributed by atoms with van der Waals surface area (Å²) in [5.41, 5.74) is 6.67. The number of nitrogens with one attached hydrogen (secondary N) is 1. The Morgan fingerprint density at radius 1 is 0.727 bits per heavy atom. The lowest BCUT2D eigenvalue weighted by Crippen LogP contribution is -2.14. The van der Waals surface area contributed by atoms with E-state index in [0.29, 0.717) is 50.5 Å². The molecule has 1 aliphatic rings. The van der Waals surface area contributed by atoms with Crippen molar-refractivity contribution < 1.29 is 19.7 Å². The van der Waals surface area contributed by atoms with Crippen LogP contribution in [0.3, 0.4) is 0 Å². The second-order valence-electron chi connectivity index (χ2n) is 12.0. The third-order valence-electron chi connectivity index (χ3n) is 7.99. The van der Waals surface area contributed by atoms with Gasteiger partial charge in [0.05, 0.1) is 16.9 Å². The first-order valence-electron chi connectivity index (χ1n) is 14.5. The molecule has 0 saturated heterocycles. The van der Waals surface area contributed by atoms with Gasteiger partial charge in [0.25, 0.3) is 0 Å². The van der Waals surface area contributed by atoms with Crippen LogP contribution in [0.1, 0.15) is 42.3 Å². The van der Waals surface area contributed by atoms with Crippen molar-refractivity contribution in [2.75, 3.05) is 5.32 Å². The lowest BCUT2D eigenvalue weighted by Gasteiger charge is -2.25. The summed E-state index contributed by atoms with van der Waals surface area (Å²) < 4.78 is 6.56. The Hall–Kier alpha value is -5.62. The number of benzene rings is 5. The van der Waals surface area contributed by atoms with E-state index < -0.39 is 0 Å². The number of phenols is 2. The molecule has 0 unspecified atom stereocenters. The average Bonchev–Trinajstić information content (AvgIpc) is 3.01. The number of carbonyl (C=O) groups is 1. The van der Waals surface area contributed by atoms with Crippen LogP contribution in [0.5, 0.6) is 23.0 Å². The molecule has 6 heteroatoms. The first-order chi connectivity index (χ1) is 21.2. The molecule has 0 aliphatic heterocycles. The van der Waals surface area contributed by atoms with Gasteiger partial charge in [0.15, 0.2) is 11.5 Å². The molecule has 44 heavy (non-hydrogen) atoms. The van der Waals surface area contributed by atoms with Gasteiger partial charge < -0.3 is 20.3 Å². The van der Waals surface area contributed by atoms with E-state index in [1.807, 2.05) is 78.9 Å². The van der Waals surface area contributed by atoms with Crippen molar-refractivity contribution >= 4 is 28.1 Å². The van der Waals surface area contributed by atoms with Crippen LogP contribution in [-0.2, 0) is 5.41 Å². The molecule has 0 spiro atoms. The van der Waals surface area contributed by atoms with Crippen LogP contribution in [0.4, 0.5) is 11.4 Å². The van der Waals surface area contributed by atoms with Crippen molar-refractivity contribution in [2.24, 2.45) is 0 Å². The van der Waals surface area contributed by atoms with E-state index in [1.165, 1.54) is 17.7 Å². The highest BCUT2D eigenvalue weighted by atomic mass is 16.5. The van der Waals surface area contributed by atoms with E-state index in [2.05, 4.69) is 38.2 Å². The Bertz CT molecular complexity index is 2080. The van der Waals surface area contributed by atoms with Gasteiger partial charge in [-0.2, -0.15) is 0 Å². The Morgan fingerprint density at radius 3 is 2.14 bits per heavy atom. The number of hydrogen-bond acceptors (Lipinski definition) is 6. The zero-order chi connectivity index (χ0) is 30.6. The van der Waals surface area contributed by atoms with Gasteiger partial charge in [-0.25, -0.2) is 4.98 Å². The zero-order valence-corrected chi connectivity index (χ0v) is 24.6. The smallest absolute Gasteiger partial charge is 0.196 e. The largest absolute Gasteiger partial charge is 0.508 e. The third-order valence-corrected chi connectivity index (χ3v) is 7.99. The molecule has 1 heterocycles. The number of ether oxygens (including phenoxy) is 1. The molecule has 216 valence electrons. The fraction of sp³-hybridized carbons (Fsp3) is 0.105. The minimum Gasteiger partial charge on any atom is -0.508 e. The van der Waals surface area contributed by atoms with Gasteiger partial charge in [-0.3, -0.25) is 4.79 Å². The minimum absolute atomic E-state index is 0.0120. The highest BCUT2D eigenvalue weighted by Gasteiger charge is 2.31. The topological polar surface area (TPSA) is 91.7 Å². The summed E-state index contributed by atoms with van der Waals surface area (Å²) in [6.45, 7) is 6.49. The van der Waals surface area contributed by atoms with Crippen molar-refractivity contribution in [1.82, 2.24) is 4.98 Å². The highest BCUT2D eigenvalue weighted by molar-refractivity contribution is 6.29. The van der Waals surface area contributed by atoms with Gasteiger partial charge in [-0.1, -0.05) is 75.4 Å².